The van der Waals surface area contributed by atoms with E-state index in [1.54, 1.807) is 11.1 Å². The van der Waals surface area contributed by atoms with Gasteiger partial charge in [-0.25, -0.2) is 0 Å². The summed E-state index contributed by atoms with van der Waals surface area (Å²) in [4.78, 5) is 12.8. The Balaban J connectivity index is 1.71. The summed E-state index contributed by atoms with van der Waals surface area (Å²) < 4.78 is 0. The molecule has 33 heavy (non-hydrogen) atoms. The highest BCUT2D eigenvalue weighted by molar-refractivity contribution is 5.85. The van der Waals surface area contributed by atoms with Crippen molar-refractivity contribution in [2.75, 3.05) is 6.61 Å². The molecular formula is C30H48O3. The highest BCUT2D eigenvalue weighted by Crippen LogP contribution is 2.72. The van der Waals surface area contributed by atoms with Gasteiger partial charge >= 0.3 is 0 Å². The Morgan fingerprint density at radius 2 is 1.76 bits per heavy atom. The molecule has 7 atom stereocenters. The van der Waals surface area contributed by atoms with Crippen molar-refractivity contribution >= 4 is 5.78 Å². The predicted molar refractivity (Wildman–Crippen MR) is 135 cm³/mol. The highest BCUT2D eigenvalue weighted by Gasteiger charge is 2.65. The number of Topliss-reactive ketones (excluding diaryl/α,β-unsaturated/α-hetero) is 1. The van der Waals surface area contributed by atoms with Crippen molar-refractivity contribution in [2.45, 2.75) is 112 Å². The van der Waals surface area contributed by atoms with E-state index in [0.29, 0.717) is 18.1 Å². The summed E-state index contributed by atoms with van der Waals surface area (Å²) in [5, 5.41) is 21.9. The lowest BCUT2D eigenvalue weighted by atomic mass is 9.43. The smallest absolute Gasteiger partial charge is 0.138 e. The molecule has 0 saturated heterocycles. The lowest BCUT2D eigenvalue weighted by molar-refractivity contribution is -0.139. The summed E-state index contributed by atoms with van der Waals surface area (Å²) in [6.45, 7) is 16.1. The Labute approximate surface area is 202 Å². The van der Waals surface area contributed by atoms with E-state index in [1.165, 1.54) is 5.57 Å². The average molecular weight is 457 g/mol. The van der Waals surface area contributed by atoms with E-state index in [9.17, 15) is 15.0 Å². The molecule has 3 nitrogen and oxygen atoms in total. The number of hydrogen-bond donors (Lipinski definition) is 2. The van der Waals surface area contributed by atoms with Crippen LogP contribution in [0.4, 0.5) is 0 Å². The van der Waals surface area contributed by atoms with Gasteiger partial charge < -0.3 is 10.2 Å². The van der Waals surface area contributed by atoms with E-state index in [4.69, 9.17) is 0 Å². The number of carbonyl (C=O) groups is 1. The van der Waals surface area contributed by atoms with Crippen LogP contribution in [0.2, 0.25) is 0 Å². The van der Waals surface area contributed by atoms with Crippen LogP contribution in [0.5, 0.6) is 0 Å². The molecule has 186 valence electrons. The van der Waals surface area contributed by atoms with Crippen LogP contribution < -0.4 is 0 Å². The molecule has 2 N–H and O–H groups in total. The van der Waals surface area contributed by atoms with Gasteiger partial charge in [0.05, 0.1) is 6.10 Å². The summed E-state index contributed by atoms with van der Waals surface area (Å²) in [5.74, 6) is 1.15. The third-order valence-electron chi connectivity index (χ3n) is 11.4. The average Bonchev–Trinajstić information content (AvgIpc) is 2.94. The van der Waals surface area contributed by atoms with Gasteiger partial charge in [-0.05, 0) is 99.2 Å². The van der Waals surface area contributed by atoms with Crippen LogP contribution in [0.1, 0.15) is 106 Å². The Morgan fingerprint density at radius 1 is 1.06 bits per heavy atom. The largest absolute Gasteiger partial charge is 0.396 e. The van der Waals surface area contributed by atoms with E-state index in [1.807, 2.05) is 0 Å². The zero-order chi connectivity index (χ0) is 24.4. The number of aliphatic hydroxyl groups is 2. The summed E-state index contributed by atoms with van der Waals surface area (Å²) in [7, 11) is 0. The first-order valence-electron chi connectivity index (χ1n) is 13.5. The number of aliphatic hydroxyl groups excluding tert-OH is 2. The Bertz CT molecular complexity index is 862. The molecule has 4 aliphatic carbocycles. The minimum atomic E-state index is -0.356. The van der Waals surface area contributed by atoms with Crippen molar-refractivity contribution in [1.82, 2.24) is 0 Å². The molecule has 0 aromatic carbocycles. The van der Waals surface area contributed by atoms with Gasteiger partial charge in [0.15, 0.2) is 0 Å². The fraction of sp³-hybridized carbons (Fsp3) is 0.833. The van der Waals surface area contributed by atoms with Crippen molar-refractivity contribution in [1.29, 1.82) is 0 Å². The molecule has 0 amide bonds. The highest BCUT2D eigenvalue weighted by atomic mass is 16.3. The molecule has 0 aliphatic heterocycles. The van der Waals surface area contributed by atoms with Crippen molar-refractivity contribution in [3.8, 4) is 0 Å². The molecule has 2 fully saturated rings. The first kappa shape index (κ1) is 25.2. The van der Waals surface area contributed by atoms with Crippen LogP contribution in [0.25, 0.3) is 0 Å². The maximum atomic E-state index is 12.8. The second-order valence-electron chi connectivity index (χ2n) is 13.5. The number of carbonyl (C=O) groups excluding carboxylic acids is 1. The minimum Gasteiger partial charge on any atom is -0.396 e. The van der Waals surface area contributed by atoms with Gasteiger partial charge in [-0.2, -0.15) is 0 Å². The van der Waals surface area contributed by atoms with Crippen molar-refractivity contribution in [2.24, 2.45) is 39.4 Å². The lowest BCUT2D eigenvalue weighted by Gasteiger charge is -2.60. The van der Waals surface area contributed by atoms with E-state index in [-0.39, 0.29) is 46.2 Å². The summed E-state index contributed by atoms with van der Waals surface area (Å²) in [6.07, 6.45) is 10.7. The number of hydrogen-bond acceptors (Lipinski definition) is 3. The second kappa shape index (κ2) is 8.33. The summed E-state index contributed by atoms with van der Waals surface area (Å²) in [6, 6.07) is 0. The fourth-order valence-corrected chi connectivity index (χ4v) is 9.40. The zero-order valence-electron chi connectivity index (χ0n) is 22.3. The van der Waals surface area contributed by atoms with Gasteiger partial charge in [0.2, 0.25) is 0 Å². The molecule has 4 aliphatic rings. The van der Waals surface area contributed by atoms with Crippen LogP contribution in [0.15, 0.2) is 22.8 Å². The molecule has 2 saturated carbocycles. The molecule has 0 radical (unpaired) electrons. The first-order valence-corrected chi connectivity index (χ1v) is 13.5. The molecule has 0 aromatic rings. The zero-order valence-corrected chi connectivity index (χ0v) is 22.3. The van der Waals surface area contributed by atoms with Gasteiger partial charge in [-0.3, -0.25) is 4.79 Å². The number of allylic oxidation sites excluding steroid dienone is 4. The molecule has 4 rings (SSSR count). The molecule has 0 aromatic heterocycles. The van der Waals surface area contributed by atoms with Crippen LogP contribution >= 0.6 is 0 Å². The van der Waals surface area contributed by atoms with E-state index < -0.39 is 0 Å². The van der Waals surface area contributed by atoms with Crippen LogP contribution in [-0.2, 0) is 4.79 Å². The van der Waals surface area contributed by atoms with Gasteiger partial charge in [-0.1, -0.05) is 57.4 Å². The molecule has 3 heteroatoms. The summed E-state index contributed by atoms with van der Waals surface area (Å²) in [5.41, 5.74) is 4.43. The molecule has 0 heterocycles. The van der Waals surface area contributed by atoms with Crippen molar-refractivity contribution in [3.63, 3.8) is 0 Å². The Hall–Kier alpha value is -0.930. The molecule has 0 bridgehead atoms. The number of fused-ring (bicyclic) bond motifs is 4. The van der Waals surface area contributed by atoms with Gasteiger partial charge in [-0.15, -0.1) is 0 Å². The summed E-state index contributed by atoms with van der Waals surface area (Å²) >= 11 is 0. The molecular weight excluding hydrogens is 408 g/mol. The number of rotatable bonds is 5. The van der Waals surface area contributed by atoms with Gasteiger partial charge in [0, 0.05) is 18.4 Å². The lowest BCUT2D eigenvalue weighted by Crippen LogP contribution is -2.54. The van der Waals surface area contributed by atoms with Gasteiger partial charge in [0.25, 0.3) is 0 Å². The quantitative estimate of drug-likeness (QED) is 0.456. The normalized spacial score (nSPS) is 42.9. The van der Waals surface area contributed by atoms with Gasteiger partial charge in [0.1, 0.15) is 5.78 Å². The first-order chi connectivity index (χ1) is 15.3. The second-order valence-corrected chi connectivity index (χ2v) is 13.5. The predicted octanol–water partition coefficient (Wildman–Crippen LogP) is 6.63. The molecule has 1 unspecified atom stereocenters. The van der Waals surface area contributed by atoms with Crippen molar-refractivity contribution < 1.29 is 15.0 Å². The number of ketones is 1. The maximum absolute atomic E-state index is 12.8. The topological polar surface area (TPSA) is 57.5 Å². The Morgan fingerprint density at radius 3 is 2.39 bits per heavy atom. The third kappa shape index (κ3) is 3.54. The van der Waals surface area contributed by atoms with Crippen molar-refractivity contribution in [3.05, 3.63) is 22.8 Å². The third-order valence-corrected chi connectivity index (χ3v) is 11.4. The minimum absolute atomic E-state index is 0.00677. The van der Waals surface area contributed by atoms with E-state index >= 15 is 0 Å². The van der Waals surface area contributed by atoms with E-state index in [0.717, 1.165) is 51.4 Å². The Kier molecular flexibility index (Phi) is 6.35. The molecule has 0 spiro atoms. The monoisotopic (exact) mass is 456 g/mol. The standard InChI is InChI=1S/C30H48O3/c1-19(2)9-8-10-20(18-31)26-23(32)17-30(7)22-11-12-24-27(3,4)25(33)14-15-28(24,5)21(22)13-16-29(26,30)6/h9,20,23-24,26,31-32H,8,10-18H2,1-7H3/t20-,23-,24?,26+,28-,29-,30+/m1/s1. The SMILES string of the molecule is CC(C)=CCC[C@H](CO)[C@H]1[C@H](O)C[C@@]2(C)C3=C(CC[C@]12C)[C@@]1(C)CCC(=O)C(C)(C)C1CC3. The van der Waals surface area contributed by atoms with Crippen LogP contribution in [0.3, 0.4) is 0 Å². The van der Waals surface area contributed by atoms with E-state index in [2.05, 4.69) is 54.5 Å². The fourth-order valence-electron chi connectivity index (χ4n) is 9.40. The van der Waals surface area contributed by atoms with Crippen LogP contribution in [0, 0.1) is 39.4 Å². The van der Waals surface area contributed by atoms with Crippen LogP contribution in [-0.4, -0.2) is 28.7 Å². The maximum Gasteiger partial charge on any atom is 0.138 e.